The van der Waals surface area contributed by atoms with Crippen molar-refractivity contribution in [2.75, 3.05) is 12.3 Å². The molecule has 0 bridgehead atoms. The van der Waals surface area contributed by atoms with Gasteiger partial charge < -0.3 is 0 Å². The third-order valence-corrected chi connectivity index (χ3v) is 3.75. The zero-order chi connectivity index (χ0) is 11.4. The van der Waals surface area contributed by atoms with E-state index < -0.39 is 0 Å². The lowest BCUT2D eigenvalue weighted by atomic mass is 10.0. The first-order chi connectivity index (χ1) is 7.81. The van der Waals surface area contributed by atoms with Crippen LogP contribution in [0.2, 0.25) is 0 Å². The normalized spacial score (nSPS) is 18.5. The topological polar surface area (TPSA) is 12.0 Å². The summed E-state index contributed by atoms with van der Waals surface area (Å²) in [6, 6.07) is 5.28. The average molecular weight is 235 g/mol. The van der Waals surface area contributed by atoms with Crippen LogP contribution in [-0.4, -0.2) is 12.3 Å². The summed E-state index contributed by atoms with van der Waals surface area (Å²) < 4.78 is 13.2. The van der Waals surface area contributed by atoms with Gasteiger partial charge in [-0.3, -0.25) is 5.32 Å². The smallest absolute Gasteiger partial charge is 0.123 e. The zero-order valence-electron chi connectivity index (χ0n) is 9.22. The van der Waals surface area contributed by atoms with Crippen molar-refractivity contribution in [2.24, 2.45) is 0 Å². The molecule has 3 heteroatoms. The molecule has 1 atom stereocenters. The van der Waals surface area contributed by atoms with Gasteiger partial charge in [0, 0.05) is 10.9 Å². The summed E-state index contributed by atoms with van der Waals surface area (Å²) in [4.78, 5) is 1.19. The molecule has 84 valence electrons. The Bertz CT molecular complexity index is 433. The second-order valence-corrected chi connectivity index (χ2v) is 4.82. The molecule has 1 N–H and O–H groups in total. The Hall–Kier alpha value is -0.980. The van der Waals surface area contributed by atoms with E-state index >= 15 is 0 Å². The van der Waals surface area contributed by atoms with Crippen LogP contribution in [0.25, 0.3) is 0 Å². The van der Waals surface area contributed by atoms with Crippen molar-refractivity contribution in [1.29, 1.82) is 0 Å². The third-order valence-electron chi connectivity index (χ3n) is 2.62. The van der Waals surface area contributed by atoms with Gasteiger partial charge in [-0.05, 0) is 42.9 Å². The van der Waals surface area contributed by atoms with Crippen LogP contribution < -0.4 is 5.32 Å². The Balaban J connectivity index is 2.17. The molecular formula is C13H14FNS. The average Bonchev–Trinajstić information content (AvgIpc) is 2.30. The molecule has 1 heterocycles. The van der Waals surface area contributed by atoms with Crippen LogP contribution >= 0.6 is 11.8 Å². The van der Waals surface area contributed by atoms with Crippen LogP contribution in [0.4, 0.5) is 4.39 Å². The van der Waals surface area contributed by atoms with Gasteiger partial charge in [-0.2, -0.15) is 0 Å². The molecular weight excluding hydrogens is 221 g/mol. The lowest BCUT2D eigenvalue weighted by Crippen LogP contribution is -2.25. The molecule has 1 aliphatic rings. The Kier molecular flexibility index (Phi) is 3.87. The maximum Gasteiger partial charge on any atom is 0.123 e. The molecule has 1 aromatic carbocycles. The quantitative estimate of drug-likeness (QED) is 0.791. The van der Waals surface area contributed by atoms with Gasteiger partial charge in [0.1, 0.15) is 5.82 Å². The maximum atomic E-state index is 13.2. The molecule has 0 fully saturated rings. The van der Waals surface area contributed by atoms with Crippen LogP contribution in [0.1, 0.15) is 24.9 Å². The van der Waals surface area contributed by atoms with E-state index in [1.54, 1.807) is 17.8 Å². The Morgan fingerprint density at radius 2 is 2.44 bits per heavy atom. The number of halogens is 1. The number of hydrogen-bond acceptors (Lipinski definition) is 2. The standard InChI is InChI=1S/C13H14FNS/c1-2-3-7-15-12-6-8-16-13-5-4-10(14)9-11(12)13/h4-5,9,12,15H,6-8H2,1H3. The minimum absolute atomic E-state index is 0.158. The fourth-order valence-corrected chi connectivity index (χ4v) is 2.95. The summed E-state index contributed by atoms with van der Waals surface area (Å²) in [7, 11) is 0. The third kappa shape index (κ3) is 2.58. The first-order valence-electron chi connectivity index (χ1n) is 5.36. The highest BCUT2D eigenvalue weighted by Gasteiger charge is 2.20. The van der Waals surface area contributed by atoms with E-state index in [1.165, 1.54) is 11.0 Å². The van der Waals surface area contributed by atoms with Gasteiger partial charge in [-0.25, -0.2) is 4.39 Å². The first-order valence-corrected chi connectivity index (χ1v) is 6.35. The molecule has 0 aromatic heterocycles. The van der Waals surface area contributed by atoms with Crippen molar-refractivity contribution in [3.8, 4) is 11.8 Å². The highest BCUT2D eigenvalue weighted by atomic mass is 32.2. The van der Waals surface area contributed by atoms with E-state index in [1.807, 2.05) is 13.0 Å². The van der Waals surface area contributed by atoms with Crippen molar-refractivity contribution in [1.82, 2.24) is 5.32 Å². The number of fused-ring (bicyclic) bond motifs is 1. The number of benzene rings is 1. The minimum atomic E-state index is -0.158. The summed E-state index contributed by atoms with van der Waals surface area (Å²) in [5.41, 5.74) is 1.08. The maximum absolute atomic E-state index is 13.2. The minimum Gasteiger partial charge on any atom is -0.299 e. The highest BCUT2D eigenvalue weighted by molar-refractivity contribution is 7.99. The molecule has 1 aromatic rings. The van der Waals surface area contributed by atoms with Gasteiger partial charge in [0.15, 0.2) is 0 Å². The van der Waals surface area contributed by atoms with Gasteiger partial charge in [-0.15, -0.1) is 17.7 Å². The van der Waals surface area contributed by atoms with Gasteiger partial charge in [0.05, 0.1) is 6.54 Å². The first kappa shape index (κ1) is 11.5. The molecule has 0 radical (unpaired) electrons. The molecule has 2 rings (SSSR count). The molecule has 1 unspecified atom stereocenters. The van der Waals surface area contributed by atoms with Gasteiger partial charge >= 0.3 is 0 Å². The predicted octanol–water partition coefficient (Wildman–Crippen LogP) is 2.98. The summed E-state index contributed by atoms with van der Waals surface area (Å²) in [5.74, 6) is 6.75. The van der Waals surface area contributed by atoms with Crippen molar-refractivity contribution < 1.29 is 4.39 Å². The van der Waals surface area contributed by atoms with Gasteiger partial charge in [0.25, 0.3) is 0 Å². The van der Waals surface area contributed by atoms with E-state index in [2.05, 4.69) is 17.2 Å². The van der Waals surface area contributed by atoms with Gasteiger partial charge in [-0.1, -0.05) is 5.92 Å². The largest absolute Gasteiger partial charge is 0.299 e. The molecule has 0 aliphatic carbocycles. The number of nitrogens with one attached hydrogen (secondary N) is 1. The Morgan fingerprint density at radius 3 is 3.25 bits per heavy atom. The van der Waals surface area contributed by atoms with E-state index in [-0.39, 0.29) is 11.9 Å². The number of thioether (sulfide) groups is 1. The van der Waals surface area contributed by atoms with Crippen molar-refractivity contribution in [3.63, 3.8) is 0 Å². The van der Waals surface area contributed by atoms with Gasteiger partial charge in [0.2, 0.25) is 0 Å². The van der Waals surface area contributed by atoms with Crippen molar-refractivity contribution >= 4 is 11.8 Å². The van der Waals surface area contributed by atoms with Crippen molar-refractivity contribution in [3.05, 3.63) is 29.6 Å². The Morgan fingerprint density at radius 1 is 1.56 bits per heavy atom. The second kappa shape index (κ2) is 5.38. The summed E-state index contributed by atoms with van der Waals surface area (Å²) >= 11 is 1.80. The molecule has 1 nitrogen and oxygen atoms in total. The van der Waals surface area contributed by atoms with Crippen LogP contribution in [-0.2, 0) is 0 Å². The predicted molar refractivity (Wildman–Crippen MR) is 65.9 cm³/mol. The molecule has 0 saturated heterocycles. The van der Waals surface area contributed by atoms with E-state index in [4.69, 9.17) is 0 Å². The van der Waals surface area contributed by atoms with Crippen molar-refractivity contribution in [2.45, 2.75) is 24.3 Å². The Labute approximate surface area is 99.8 Å². The molecule has 1 aliphatic heterocycles. The lowest BCUT2D eigenvalue weighted by molar-refractivity contribution is 0.536. The lowest BCUT2D eigenvalue weighted by Gasteiger charge is -2.25. The summed E-state index contributed by atoms with van der Waals surface area (Å²) in [6.07, 6.45) is 1.03. The molecule has 0 amide bonds. The summed E-state index contributed by atoms with van der Waals surface area (Å²) in [6.45, 7) is 2.49. The summed E-state index contributed by atoms with van der Waals surface area (Å²) in [5, 5.41) is 3.35. The van der Waals surface area contributed by atoms with Crippen LogP contribution in [0.5, 0.6) is 0 Å². The molecule has 0 spiro atoms. The van der Waals surface area contributed by atoms with Crippen LogP contribution in [0, 0.1) is 17.7 Å². The monoisotopic (exact) mass is 235 g/mol. The fourth-order valence-electron chi connectivity index (χ4n) is 1.84. The SMILES string of the molecule is CC#CCNC1CCSc2ccc(F)cc21. The molecule has 0 saturated carbocycles. The van der Waals surface area contributed by atoms with E-state index in [0.29, 0.717) is 6.54 Å². The fraction of sp³-hybridized carbons (Fsp3) is 0.385. The number of hydrogen-bond donors (Lipinski definition) is 1. The number of rotatable bonds is 2. The second-order valence-electron chi connectivity index (χ2n) is 3.68. The molecule has 16 heavy (non-hydrogen) atoms. The zero-order valence-corrected chi connectivity index (χ0v) is 10.0. The highest BCUT2D eigenvalue weighted by Crippen LogP contribution is 2.36. The van der Waals surface area contributed by atoms with Crippen LogP contribution in [0.15, 0.2) is 23.1 Å². The van der Waals surface area contributed by atoms with E-state index in [9.17, 15) is 4.39 Å². The van der Waals surface area contributed by atoms with E-state index in [0.717, 1.165) is 17.7 Å². The van der Waals surface area contributed by atoms with Crippen LogP contribution in [0.3, 0.4) is 0 Å².